The predicted octanol–water partition coefficient (Wildman–Crippen LogP) is 5.52. The lowest BCUT2D eigenvalue weighted by molar-refractivity contribution is -0.0705. The van der Waals surface area contributed by atoms with Crippen LogP contribution in [0.1, 0.15) is 34.4 Å². The largest absolute Gasteiger partial charge is 0.465 e. The van der Waals surface area contributed by atoms with E-state index in [2.05, 4.69) is 14.8 Å². The topological polar surface area (TPSA) is 104 Å². The number of para-hydroxylation sites is 1. The first-order valence-electron chi connectivity index (χ1n) is 15.4. The Bertz CT molecular complexity index is 2040. The smallest absolute Gasteiger partial charge is 0.338 e. The van der Waals surface area contributed by atoms with E-state index < -0.39 is 23.4 Å². The maximum atomic E-state index is 15.4. The Morgan fingerprint density at radius 2 is 1.92 bits per heavy atom. The van der Waals surface area contributed by atoms with Crippen LogP contribution in [0.15, 0.2) is 65.6 Å². The molecule has 1 unspecified atom stereocenters. The van der Waals surface area contributed by atoms with Gasteiger partial charge in [-0.05, 0) is 42.5 Å². The number of carbonyl (C=O) groups is 1. The van der Waals surface area contributed by atoms with Gasteiger partial charge in [0.15, 0.2) is 23.7 Å². The summed E-state index contributed by atoms with van der Waals surface area (Å²) in [6, 6.07) is 12.7. The fraction of sp³-hybridized carbons (Fsp3) is 0.324. The molecule has 5 aromatic rings. The zero-order valence-corrected chi connectivity index (χ0v) is 26.7. The summed E-state index contributed by atoms with van der Waals surface area (Å²) in [4.78, 5) is 25.8. The maximum Gasteiger partial charge on any atom is 0.338 e. The molecule has 5 heterocycles. The van der Waals surface area contributed by atoms with Crippen LogP contribution in [-0.4, -0.2) is 70.9 Å². The molecule has 0 N–H and O–H groups in total. The number of methoxy groups -OCH3 is 1. The zero-order chi connectivity index (χ0) is 33.2. The Morgan fingerprint density at radius 1 is 1.06 bits per heavy atom. The number of anilines is 1. The van der Waals surface area contributed by atoms with Crippen molar-refractivity contribution < 1.29 is 36.9 Å². The lowest BCUT2D eigenvalue weighted by Gasteiger charge is -2.44. The number of ether oxygens (including phenoxy) is 4. The molecule has 8 rings (SSSR count). The average Bonchev–Trinajstić information content (AvgIpc) is 3.88. The van der Waals surface area contributed by atoms with E-state index in [1.807, 2.05) is 16.7 Å². The third-order valence-electron chi connectivity index (χ3n) is 9.26. The second-order valence-corrected chi connectivity index (χ2v) is 12.6. The van der Waals surface area contributed by atoms with Crippen LogP contribution in [-0.2, 0) is 28.4 Å². The van der Waals surface area contributed by atoms with E-state index in [1.165, 1.54) is 25.8 Å². The molecule has 3 aromatic carbocycles. The number of hydrogen-bond donors (Lipinski definition) is 0. The molecule has 2 aromatic heterocycles. The summed E-state index contributed by atoms with van der Waals surface area (Å²) in [6.45, 7) is 4.52. The van der Waals surface area contributed by atoms with Gasteiger partial charge in [0, 0.05) is 25.0 Å². The van der Waals surface area contributed by atoms with Crippen LogP contribution in [0.3, 0.4) is 0 Å². The van der Waals surface area contributed by atoms with Crippen LogP contribution in [0.4, 0.5) is 14.5 Å². The highest BCUT2D eigenvalue weighted by atomic mass is 35.5. The predicted molar refractivity (Wildman–Crippen MR) is 169 cm³/mol. The lowest BCUT2D eigenvalue weighted by Crippen LogP contribution is -2.59. The molecule has 0 bridgehead atoms. The standard InChI is InChI=1S/C34H30ClF2N5O6/c1-34(22-7-6-20(35)12-23(22)36)47-29-5-3-4-25(32(29)48-34)41-9-8-40(27-16-45-17-28(27)41)14-30-39-31-24(37)10-19(33(43)44-2)11-26(31)42(30)13-21-15-46-18-38-21/h3-7,10-12,15,18,27-28H,8-9,13-14,16-17H2,1-2H3/t27-,28+,34?/m0/s1. The lowest BCUT2D eigenvalue weighted by atomic mass is 10.0. The molecule has 0 amide bonds. The number of carbonyl (C=O) groups excluding carboxylic acids is 1. The normalized spacial score (nSPS) is 22.0. The summed E-state index contributed by atoms with van der Waals surface area (Å²) in [7, 11) is 1.25. The van der Waals surface area contributed by atoms with Crippen molar-refractivity contribution >= 4 is 34.3 Å². The van der Waals surface area contributed by atoms with Gasteiger partial charge in [-0.1, -0.05) is 17.7 Å². The van der Waals surface area contributed by atoms with Crippen LogP contribution in [0.5, 0.6) is 11.5 Å². The van der Waals surface area contributed by atoms with Crippen molar-refractivity contribution in [1.82, 2.24) is 19.4 Å². The summed E-state index contributed by atoms with van der Waals surface area (Å²) >= 11 is 6.00. The third kappa shape index (κ3) is 5.13. The van der Waals surface area contributed by atoms with Crippen molar-refractivity contribution in [3.05, 3.63) is 100 Å². The molecule has 0 radical (unpaired) electrons. The molecule has 2 fully saturated rings. The van der Waals surface area contributed by atoms with Gasteiger partial charge in [0.05, 0.1) is 73.5 Å². The van der Waals surface area contributed by atoms with E-state index >= 15 is 4.39 Å². The minimum absolute atomic E-state index is 0.0344. The number of benzene rings is 3. The van der Waals surface area contributed by atoms with E-state index in [1.54, 1.807) is 31.2 Å². The van der Waals surface area contributed by atoms with Crippen molar-refractivity contribution in [1.29, 1.82) is 0 Å². The van der Waals surface area contributed by atoms with Gasteiger partial charge in [0.2, 0.25) is 0 Å². The number of halogens is 3. The third-order valence-corrected chi connectivity index (χ3v) is 9.50. The minimum atomic E-state index is -1.38. The van der Waals surface area contributed by atoms with Gasteiger partial charge in [-0.25, -0.2) is 23.5 Å². The Hall–Kier alpha value is -4.72. The van der Waals surface area contributed by atoms with Crippen LogP contribution in [0.2, 0.25) is 5.02 Å². The maximum absolute atomic E-state index is 15.4. The number of imidazole rings is 1. The van der Waals surface area contributed by atoms with Crippen molar-refractivity contribution in [3.8, 4) is 11.5 Å². The van der Waals surface area contributed by atoms with Gasteiger partial charge >= 0.3 is 5.97 Å². The van der Waals surface area contributed by atoms with E-state index in [0.717, 1.165) is 11.8 Å². The molecule has 2 saturated heterocycles. The Balaban J connectivity index is 1.09. The number of fused-ring (bicyclic) bond motifs is 3. The highest BCUT2D eigenvalue weighted by Crippen LogP contribution is 2.51. The van der Waals surface area contributed by atoms with E-state index in [4.69, 9.17) is 39.9 Å². The fourth-order valence-corrected chi connectivity index (χ4v) is 7.13. The van der Waals surface area contributed by atoms with Gasteiger partial charge in [-0.2, -0.15) is 0 Å². The molecule has 248 valence electrons. The molecule has 0 saturated carbocycles. The number of esters is 1. The molecule has 3 atom stereocenters. The molecule has 14 heteroatoms. The second kappa shape index (κ2) is 11.8. The monoisotopic (exact) mass is 677 g/mol. The van der Waals surface area contributed by atoms with Crippen molar-refractivity contribution in [3.63, 3.8) is 0 Å². The molecule has 3 aliphatic heterocycles. The van der Waals surface area contributed by atoms with Gasteiger partial charge in [-0.15, -0.1) is 0 Å². The van der Waals surface area contributed by atoms with Gasteiger partial charge in [0.1, 0.15) is 23.4 Å². The highest BCUT2D eigenvalue weighted by Gasteiger charge is 2.46. The summed E-state index contributed by atoms with van der Waals surface area (Å²) in [6.07, 6.45) is 2.85. The Labute approximate surface area is 278 Å². The molecule has 11 nitrogen and oxygen atoms in total. The highest BCUT2D eigenvalue weighted by molar-refractivity contribution is 6.30. The number of nitrogens with zero attached hydrogens (tertiary/aromatic N) is 5. The van der Waals surface area contributed by atoms with Crippen LogP contribution in [0, 0.1) is 11.6 Å². The number of hydrogen-bond acceptors (Lipinski definition) is 10. The minimum Gasteiger partial charge on any atom is -0.465 e. The quantitative estimate of drug-likeness (QED) is 0.205. The van der Waals surface area contributed by atoms with E-state index in [0.29, 0.717) is 61.4 Å². The molecule has 48 heavy (non-hydrogen) atoms. The molecule has 0 aliphatic carbocycles. The number of rotatable bonds is 7. The Morgan fingerprint density at radius 3 is 2.71 bits per heavy atom. The van der Waals surface area contributed by atoms with Gasteiger partial charge < -0.3 is 32.8 Å². The van der Waals surface area contributed by atoms with Crippen molar-refractivity contribution in [2.24, 2.45) is 0 Å². The van der Waals surface area contributed by atoms with Gasteiger partial charge in [-0.3, -0.25) is 4.90 Å². The van der Waals surface area contributed by atoms with E-state index in [9.17, 15) is 9.18 Å². The molecular formula is C34H30ClF2N5O6. The van der Waals surface area contributed by atoms with Crippen LogP contribution in [0.25, 0.3) is 11.0 Å². The molecule has 3 aliphatic rings. The number of aromatic nitrogens is 3. The number of piperazine rings is 1. The first-order valence-corrected chi connectivity index (χ1v) is 15.8. The molecular weight excluding hydrogens is 648 g/mol. The Kier molecular flexibility index (Phi) is 7.50. The van der Waals surface area contributed by atoms with Crippen LogP contribution < -0.4 is 14.4 Å². The number of oxazole rings is 1. The first-order chi connectivity index (χ1) is 23.2. The van der Waals surface area contributed by atoms with Gasteiger partial charge in [0.25, 0.3) is 5.79 Å². The summed E-state index contributed by atoms with van der Waals surface area (Å²) in [5.74, 6) is -1.53. The van der Waals surface area contributed by atoms with Crippen molar-refractivity contribution in [2.75, 3.05) is 38.3 Å². The summed E-state index contributed by atoms with van der Waals surface area (Å²) < 4.78 is 60.9. The average molecular weight is 678 g/mol. The van der Waals surface area contributed by atoms with Crippen molar-refractivity contribution in [2.45, 2.75) is 37.9 Å². The van der Waals surface area contributed by atoms with Crippen LogP contribution >= 0.6 is 11.6 Å². The van der Waals surface area contributed by atoms with E-state index in [-0.39, 0.29) is 40.3 Å². The molecule has 0 spiro atoms. The second-order valence-electron chi connectivity index (χ2n) is 12.1. The SMILES string of the molecule is COC(=O)c1cc(F)c2nc(CN3CCN(c4cccc5c4OC(C)(c4ccc(Cl)cc4F)O5)[C@@H]4COC[C@@H]43)n(Cc3cocn3)c2c1. The summed E-state index contributed by atoms with van der Waals surface area (Å²) in [5, 5.41) is 0.283. The zero-order valence-electron chi connectivity index (χ0n) is 26.0. The summed E-state index contributed by atoms with van der Waals surface area (Å²) in [5.41, 5.74) is 2.37. The first kappa shape index (κ1) is 30.6. The fourth-order valence-electron chi connectivity index (χ4n) is 6.97.